The molecule has 1 rings (SSSR count). The first-order valence-corrected chi connectivity index (χ1v) is 4.72. The largest absolute Gasteiger partial charge is 0.393 e. The first-order chi connectivity index (χ1) is 5.39. The lowest BCUT2D eigenvalue weighted by Crippen LogP contribution is -2.04. The van der Waals surface area contributed by atoms with E-state index in [0.717, 1.165) is 12.8 Å². The maximum Gasteiger partial charge on any atom is 0.0574 e. The van der Waals surface area contributed by atoms with Gasteiger partial charge in [0.15, 0.2) is 0 Å². The van der Waals surface area contributed by atoms with Crippen molar-refractivity contribution < 1.29 is 5.11 Å². The van der Waals surface area contributed by atoms with Gasteiger partial charge in [0.2, 0.25) is 0 Å². The van der Waals surface area contributed by atoms with E-state index in [9.17, 15) is 5.11 Å². The van der Waals surface area contributed by atoms with Gasteiger partial charge in [0, 0.05) is 0 Å². The van der Waals surface area contributed by atoms with Gasteiger partial charge < -0.3 is 5.11 Å². The summed E-state index contributed by atoms with van der Waals surface area (Å²) in [6.07, 6.45) is 12.5. The quantitative estimate of drug-likeness (QED) is 0.532. The summed E-state index contributed by atoms with van der Waals surface area (Å²) < 4.78 is 0. The Kier molecular flexibility index (Phi) is 4.29. The first kappa shape index (κ1) is 8.79. The molecule has 1 unspecified atom stereocenters. The van der Waals surface area contributed by atoms with Crippen molar-refractivity contribution in [3.05, 3.63) is 12.2 Å². The van der Waals surface area contributed by atoms with Gasteiger partial charge in [0.25, 0.3) is 0 Å². The average Bonchev–Trinajstić information content (AvgIpc) is 2.03. The lowest BCUT2D eigenvalue weighted by atomic mass is 10.0. The van der Waals surface area contributed by atoms with Gasteiger partial charge >= 0.3 is 0 Å². The molecule has 1 aliphatic rings. The summed E-state index contributed by atoms with van der Waals surface area (Å²) in [5.41, 5.74) is 0. The van der Waals surface area contributed by atoms with Crippen molar-refractivity contribution in [1.29, 1.82) is 0 Å². The maximum atomic E-state index is 9.38. The molecule has 0 aromatic heterocycles. The highest BCUT2D eigenvalue weighted by atomic mass is 16.3. The van der Waals surface area contributed by atoms with Crippen molar-refractivity contribution in [2.45, 2.75) is 51.0 Å². The van der Waals surface area contributed by atoms with E-state index in [1.54, 1.807) is 0 Å². The van der Waals surface area contributed by atoms with Crippen LogP contribution in [0.2, 0.25) is 0 Å². The second-order valence-corrected chi connectivity index (χ2v) is 3.35. The highest BCUT2D eigenvalue weighted by Gasteiger charge is 2.01. The minimum atomic E-state index is -0.0793. The average molecular weight is 154 g/mol. The van der Waals surface area contributed by atoms with Crippen LogP contribution in [0.5, 0.6) is 0 Å². The van der Waals surface area contributed by atoms with E-state index in [4.69, 9.17) is 0 Å². The number of hydrogen-bond donors (Lipinski definition) is 1. The summed E-state index contributed by atoms with van der Waals surface area (Å²) in [5.74, 6) is 0. The summed E-state index contributed by atoms with van der Waals surface area (Å²) in [6.45, 7) is 0. The summed E-state index contributed by atoms with van der Waals surface area (Å²) in [4.78, 5) is 0. The van der Waals surface area contributed by atoms with Crippen LogP contribution in [0.1, 0.15) is 44.9 Å². The third-order valence-corrected chi connectivity index (χ3v) is 2.23. The summed E-state index contributed by atoms with van der Waals surface area (Å²) in [6, 6.07) is 0. The molecule has 1 aliphatic carbocycles. The minimum Gasteiger partial charge on any atom is -0.393 e. The van der Waals surface area contributed by atoms with Crippen molar-refractivity contribution in [1.82, 2.24) is 0 Å². The van der Waals surface area contributed by atoms with Gasteiger partial charge in [-0.05, 0) is 25.7 Å². The molecule has 0 saturated carbocycles. The molecule has 0 aromatic carbocycles. The van der Waals surface area contributed by atoms with Gasteiger partial charge in [-0.2, -0.15) is 0 Å². The third-order valence-electron chi connectivity index (χ3n) is 2.23. The molecule has 0 heterocycles. The summed E-state index contributed by atoms with van der Waals surface area (Å²) >= 11 is 0. The van der Waals surface area contributed by atoms with Crippen LogP contribution >= 0.6 is 0 Å². The Morgan fingerprint density at radius 3 is 2.73 bits per heavy atom. The fourth-order valence-electron chi connectivity index (χ4n) is 1.48. The Hall–Kier alpha value is -0.300. The SMILES string of the molecule is OC1C/C=C/CCCCCC1. The monoisotopic (exact) mass is 154 g/mol. The van der Waals surface area contributed by atoms with E-state index in [2.05, 4.69) is 12.2 Å². The number of hydrogen-bond acceptors (Lipinski definition) is 1. The molecule has 0 bridgehead atoms. The molecule has 0 fully saturated rings. The van der Waals surface area contributed by atoms with Gasteiger partial charge in [0.05, 0.1) is 6.10 Å². The number of rotatable bonds is 0. The predicted octanol–water partition coefficient (Wildman–Crippen LogP) is 2.65. The lowest BCUT2D eigenvalue weighted by molar-refractivity contribution is 0.163. The van der Waals surface area contributed by atoms with Crippen LogP contribution in [-0.2, 0) is 0 Å². The van der Waals surface area contributed by atoms with Crippen LogP contribution in [0, 0.1) is 0 Å². The molecule has 0 amide bonds. The van der Waals surface area contributed by atoms with E-state index < -0.39 is 0 Å². The molecule has 1 N–H and O–H groups in total. The Balaban J connectivity index is 2.25. The number of aliphatic hydroxyl groups is 1. The van der Waals surface area contributed by atoms with Crippen LogP contribution in [0.15, 0.2) is 12.2 Å². The van der Waals surface area contributed by atoms with Gasteiger partial charge in [-0.25, -0.2) is 0 Å². The van der Waals surface area contributed by atoms with Crippen molar-refractivity contribution >= 4 is 0 Å². The molecule has 1 atom stereocenters. The Labute approximate surface area is 69.1 Å². The molecule has 0 saturated heterocycles. The lowest BCUT2D eigenvalue weighted by Gasteiger charge is -2.08. The van der Waals surface area contributed by atoms with Crippen molar-refractivity contribution in [3.8, 4) is 0 Å². The van der Waals surface area contributed by atoms with E-state index in [-0.39, 0.29) is 6.10 Å². The molecule has 0 spiro atoms. The smallest absolute Gasteiger partial charge is 0.0574 e. The number of aliphatic hydroxyl groups excluding tert-OH is 1. The molecule has 1 nitrogen and oxygen atoms in total. The fraction of sp³-hybridized carbons (Fsp3) is 0.800. The van der Waals surface area contributed by atoms with Gasteiger partial charge in [0.1, 0.15) is 0 Å². The van der Waals surface area contributed by atoms with Gasteiger partial charge in [-0.15, -0.1) is 0 Å². The fourth-order valence-corrected chi connectivity index (χ4v) is 1.48. The molecule has 0 aromatic rings. The standard InChI is InChI=1S/C10H18O/c11-10-8-6-4-2-1-3-5-7-9-10/h4,6,10-11H,1-3,5,7-9H2/b6-4+. The van der Waals surface area contributed by atoms with Crippen LogP contribution in [0.3, 0.4) is 0 Å². The van der Waals surface area contributed by atoms with Gasteiger partial charge in [-0.1, -0.05) is 31.4 Å². The summed E-state index contributed by atoms with van der Waals surface area (Å²) in [7, 11) is 0. The zero-order valence-electron chi connectivity index (χ0n) is 7.13. The molecule has 0 aliphatic heterocycles. The first-order valence-electron chi connectivity index (χ1n) is 4.72. The summed E-state index contributed by atoms with van der Waals surface area (Å²) in [5, 5.41) is 9.38. The minimum absolute atomic E-state index is 0.0793. The normalized spacial score (nSPS) is 31.2. The molecular formula is C10H18O. The van der Waals surface area contributed by atoms with E-state index in [1.807, 2.05) is 0 Å². The van der Waals surface area contributed by atoms with Crippen LogP contribution < -0.4 is 0 Å². The Bertz CT molecular complexity index is 118. The highest BCUT2D eigenvalue weighted by Crippen LogP contribution is 2.12. The van der Waals surface area contributed by atoms with E-state index >= 15 is 0 Å². The Morgan fingerprint density at radius 1 is 1.00 bits per heavy atom. The Morgan fingerprint density at radius 2 is 1.82 bits per heavy atom. The van der Waals surface area contributed by atoms with Gasteiger partial charge in [-0.3, -0.25) is 0 Å². The van der Waals surface area contributed by atoms with Crippen LogP contribution in [0.25, 0.3) is 0 Å². The molecular weight excluding hydrogens is 136 g/mol. The highest BCUT2D eigenvalue weighted by molar-refractivity contribution is 4.84. The molecule has 1 heteroatoms. The molecule has 64 valence electrons. The topological polar surface area (TPSA) is 20.2 Å². The van der Waals surface area contributed by atoms with Crippen LogP contribution in [0.4, 0.5) is 0 Å². The molecule has 11 heavy (non-hydrogen) atoms. The van der Waals surface area contributed by atoms with Crippen molar-refractivity contribution in [2.75, 3.05) is 0 Å². The van der Waals surface area contributed by atoms with Crippen LogP contribution in [-0.4, -0.2) is 11.2 Å². The maximum absolute atomic E-state index is 9.38. The zero-order valence-corrected chi connectivity index (χ0v) is 7.13. The second-order valence-electron chi connectivity index (χ2n) is 3.35. The second kappa shape index (κ2) is 5.36. The zero-order chi connectivity index (χ0) is 7.94. The van der Waals surface area contributed by atoms with E-state index in [1.165, 1.54) is 32.1 Å². The van der Waals surface area contributed by atoms with Crippen molar-refractivity contribution in [3.63, 3.8) is 0 Å². The predicted molar refractivity (Wildman–Crippen MR) is 47.5 cm³/mol. The van der Waals surface area contributed by atoms with E-state index in [0.29, 0.717) is 0 Å². The number of allylic oxidation sites excluding steroid dienone is 1. The third kappa shape index (κ3) is 4.20. The van der Waals surface area contributed by atoms with Crippen molar-refractivity contribution in [2.24, 2.45) is 0 Å². The molecule has 0 radical (unpaired) electrons.